The number of rotatable bonds is 5. The molecular weight excluding hydrogens is 252 g/mol. The topological polar surface area (TPSA) is 45.5 Å². The average molecular weight is 274 g/mol. The summed E-state index contributed by atoms with van der Waals surface area (Å²) in [7, 11) is 3.24. The highest BCUT2D eigenvalue weighted by molar-refractivity contribution is 5.45. The summed E-state index contributed by atoms with van der Waals surface area (Å²) in [6.07, 6.45) is 3.79. The van der Waals surface area contributed by atoms with Gasteiger partial charge in [-0.15, -0.1) is 0 Å². The molecule has 1 aromatic rings. The van der Waals surface area contributed by atoms with Gasteiger partial charge in [-0.1, -0.05) is 12.5 Å². The minimum atomic E-state index is -0.118. The summed E-state index contributed by atoms with van der Waals surface area (Å²) in [5.41, 5.74) is 0.996. The van der Waals surface area contributed by atoms with Crippen LogP contribution >= 0.6 is 0 Å². The first-order chi connectivity index (χ1) is 9.78. The molecule has 0 saturated carbocycles. The number of nitriles is 1. The minimum absolute atomic E-state index is 0.118. The number of nitrogens with zero attached hydrogens (tertiary/aromatic N) is 2. The van der Waals surface area contributed by atoms with Crippen LogP contribution in [0.3, 0.4) is 0 Å². The van der Waals surface area contributed by atoms with Gasteiger partial charge < -0.3 is 14.4 Å². The van der Waals surface area contributed by atoms with Crippen molar-refractivity contribution in [3.63, 3.8) is 0 Å². The molecule has 1 atom stereocenters. The van der Waals surface area contributed by atoms with E-state index in [1.54, 1.807) is 14.2 Å². The molecule has 20 heavy (non-hydrogen) atoms. The lowest BCUT2D eigenvalue weighted by Crippen LogP contribution is -2.33. The van der Waals surface area contributed by atoms with Crippen molar-refractivity contribution in [3.8, 4) is 17.6 Å². The Hall–Kier alpha value is -1.73. The number of piperidine rings is 1. The molecular formula is C16H22N2O2. The molecule has 0 radical (unpaired) electrons. The molecule has 0 amide bonds. The van der Waals surface area contributed by atoms with E-state index in [1.807, 2.05) is 18.2 Å². The number of likely N-dealkylation sites (tertiary alicyclic amines) is 1. The summed E-state index contributed by atoms with van der Waals surface area (Å²) < 4.78 is 10.5. The second kappa shape index (κ2) is 7.16. The second-order valence-electron chi connectivity index (χ2n) is 5.16. The summed E-state index contributed by atoms with van der Waals surface area (Å²) in [5.74, 6) is 1.27. The highest BCUT2D eigenvalue weighted by Gasteiger charge is 2.19. The van der Waals surface area contributed by atoms with Crippen LogP contribution in [0.1, 0.15) is 30.7 Å². The number of hydrogen-bond acceptors (Lipinski definition) is 4. The predicted octanol–water partition coefficient (Wildman–Crippen LogP) is 2.80. The van der Waals surface area contributed by atoms with Crippen LogP contribution in [-0.2, 0) is 0 Å². The van der Waals surface area contributed by atoms with Gasteiger partial charge in [-0.25, -0.2) is 0 Å². The predicted molar refractivity (Wildman–Crippen MR) is 78.2 cm³/mol. The third-order valence-corrected chi connectivity index (χ3v) is 3.86. The third kappa shape index (κ3) is 3.43. The lowest BCUT2D eigenvalue weighted by molar-refractivity contribution is 0.225. The van der Waals surface area contributed by atoms with E-state index in [9.17, 15) is 5.26 Å². The Kier molecular flexibility index (Phi) is 5.25. The number of benzene rings is 1. The molecule has 0 spiro atoms. The van der Waals surface area contributed by atoms with Crippen molar-refractivity contribution >= 4 is 0 Å². The van der Waals surface area contributed by atoms with E-state index in [1.165, 1.54) is 19.3 Å². The van der Waals surface area contributed by atoms with Crippen LogP contribution in [0, 0.1) is 11.3 Å². The first-order valence-corrected chi connectivity index (χ1v) is 7.12. The van der Waals surface area contributed by atoms with Gasteiger partial charge in [0.2, 0.25) is 0 Å². The van der Waals surface area contributed by atoms with Gasteiger partial charge in [-0.05, 0) is 43.6 Å². The van der Waals surface area contributed by atoms with Crippen LogP contribution in [0.2, 0.25) is 0 Å². The van der Waals surface area contributed by atoms with E-state index in [2.05, 4.69) is 11.0 Å². The Bertz CT molecular complexity index is 476. The molecule has 1 aliphatic heterocycles. The van der Waals surface area contributed by atoms with Crippen LogP contribution in [0.25, 0.3) is 0 Å². The lowest BCUT2D eigenvalue weighted by Gasteiger charge is -2.28. The van der Waals surface area contributed by atoms with Crippen molar-refractivity contribution in [3.05, 3.63) is 23.8 Å². The van der Waals surface area contributed by atoms with E-state index < -0.39 is 0 Å². The highest BCUT2D eigenvalue weighted by atomic mass is 16.5. The zero-order valence-electron chi connectivity index (χ0n) is 12.3. The van der Waals surface area contributed by atoms with Gasteiger partial charge in [0, 0.05) is 6.54 Å². The summed E-state index contributed by atoms with van der Waals surface area (Å²) in [6.45, 7) is 3.00. The number of hydrogen-bond donors (Lipinski definition) is 0. The van der Waals surface area contributed by atoms with Gasteiger partial charge >= 0.3 is 0 Å². The van der Waals surface area contributed by atoms with Crippen molar-refractivity contribution in [2.24, 2.45) is 0 Å². The molecule has 4 heteroatoms. The molecule has 1 aromatic carbocycles. The highest BCUT2D eigenvalue weighted by Crippen LogP contribution is 2.31. The van der Waals surface area contributed by atoms with Gasteiger partial charge in [0.15, 0.2) is 11.5 Å². The van der Waals surface area contributed by atoms with Gasteiger partial charge in [0.1, 0.15) is 0 Å². The summed E-state index contributed by atoms with van der Waals surface area (Å²) in [6, 6.07) is 8.16. The van der Waals surface area contributed by atoms with Crippen molar-refractivity contribution < 1.29 is 9.47 Å². The van der Waals surface area contributed by atoms with E-state index in [0.717, 1.165) is 25.2 Å². The van der Waals surface area contributed by atoms with Crippen molar-refractivity contribution in [2.45, 2.75) is 25.2 Å². The van der Waals surface area contributed by atoms with Crippen LogP contribution in [0.4, 0.5) is 0 Å². The fourth-order valence-corrected chi connectivity index (χ4v) is 2.69. The quantitative estimate of drug-likeness (QED) is 0.828. The first kappa shape index (κ1) is 14.7. The molecule has 1 unspecified atom stereocenters. The Morgan fingerprint density at radius 3 is 2.45 bits per heavy atom. The second-order valence-corrected chi connectivity index (χ2v) is 5.16. The molecule has 0 bridgehead atoms. The molecule has 2 rings (SSSR count). The number of ether oxygens (including phenoxy) is 2. The number of methoxy groups -OCH3 is 2. The molecule has 108 valence electrons. The van der Waals surface area contributed by atoms with Crippen molar-refractivity contribution in [1.29, 1.82) is 5.26 Å². The molecule has 0 N–H and O–H groups in total. The van der Waals surface area contributed by atoms with Crippen LogP contribution in [-0.4, -0.2) is 38.8 Å². The molecule has 0 aromatic heterocycles. The fraction of sp³-hybridized carbons (Fsp3) is 0.562. The van der Waals surface area contributed by atoms with Gasteiger partial charge in [0.25, 0.3) is 0 Å². The molecule has 1 fully saturated rings. The maximum atomic E-state index is 9.45. The van der Waals surface area contributed by atoms with Crippen LogP contribution in [0.5, 0.6) is 11.5 Å². The molecule has 0 aliphatic carbocycles. The monoisotopic (exact) mass is 274 g/mol. The molecule has 1 heterocycles. The molecule has 1 aliphatic rings. The third-order valence-electron chi connectivity index (χ3n) is 3.86. The van der Waals surface area contributed by atoms with E-state index >= 15 is 0 Å². The maximum absolute atomic E-state index is 9.45. The van der Waals surface area contributed by atoms with Gasteiger partial charge in [-0.3, -0.25) is 0 Å². The van der Waals surface area contributed by atoms with Gasteiger partial charge in [-0.2, -0.15) is 5.26 Å². The van der Waals surface area contributed by atoms with E-state index in [0.29, 0.717) is 11.5 Å². The van der Waals surface area contributed by atoms with Crippen molar-refractivity contribution in [2.75, 3.05) is 33.9 Å². The smallest absolute Gasteiger partial charge is 0.161 e. The summed E-state index contributed by atoms with van der Waals surface area (Å²) in [4.78, 5) is 2.38. The molecule has 1 saturated heterocycles. The van der Waals surface area contributed by atoms with Crippen molar-refractivity contribution in [1.82, 2.24) is 4.90 Å². The van der Waals surface area contributed by atoms with Crippen LogP contribution in [0.15, 0.2) is 18.2 Å². The first-order valence-electron chi connectivity index (χ1n) is 7.12. The summed E-state index contributed by atoms with van der Waals surface area (Å²) in [5, 5.41) is 9.45. The average Bonchev–Trinajstić information content (AvgIpc) is 2.53. The Labute approximate surface area is 120 Å². The zero-order valence-corrected chi connectivity index (χ0v) is 12.3. The largest absolute Gasteiger partial charge is 0.493 e. The van der Waals surface area contributed by atoms with E-state index in [-0.39, 0.29) is 5.92 Å². The summed E-state index contributed by atoms with van der Waals surface area (Å²) >= 11 is 0. The lowest BCUT2D eigenvalue weighted by atomic mass is 9.98. The Balaban J connectivity index is 2.12. The molecule has 4 nitrogen and oxygen atoms in total. The fourth-order valence-electron chi connectivity index (χ4n) is 2.69. The van der Waals surface area contributed by atoms with Gasteiger partial charge in [0.05, 0.1) is 26.2 Å². The standard InChI is InChI=1S/C16H22N2O2/c1-19-15-7-6-13(10-16(15)20-2)14(11-17)12-18-8-4-3-5-9-18/h6-7,10,14H,3-5,8-9,12H2,1-2H3. The Morgan fingerprint density at radius 1 is 1.15 bits per heavy atom. The minimum Gasteiger partial charge on any atom is -0.493 e. The Morgan fingerprint density at radius 2 is 1.85 bits per heavy atom. The van der Waals surface area contributed by atoms with Crippen LogP contribution < -0.4 is 9.47 Å². The van der Waals surface area contributed by atoms with E-state index in [4.69, 9.17) is 9.47 Å². The zero-order chi connectivity index (χ0) is 14.4. The SMILES string of the molecule is COc1ccc(C(C#N)CN2CCCCC2)cc1OC. The maximum Gasteiger partial charge on any atom is 0.161 e. The normalized spacial score (nSPS) is 17.2.